The number of hydrogen-bond acceptors (Lipinski definition) is 4. The summed E-state index contributed by atoms with van der Waals surface area (Å²) in [7, 11) is 0. The lowest BCUT2D eigenvalue weighted by Crippen LogP contribution is -2.32. The van der Waals surface area contributed by atoms with Crippen molar-refractivity contribution in [3.8, 4) is 11.5 Å². The quantitative estimate of drug-likeness (QED) is 0.475. The van der Waals surface area contributed by atoms with Crippen LogP contribution in [0.1, 0.15) is 57.9 Å². The van der Waals surface area contributed by atoms with Crippen molar-refractivity contribution < 1.29 is 14.3 Å². The number of nitrogens with zero attached hydrogens (tertiary/aromatic N) is 1. The first-order valence-corrected chi connectivity index (χ1v) is 11.1. The minimum Gasteiger partial charge on any atom is -0.477 e. The third kappa shape index (κ3) is 3.82. The molecule has 3 aromatic carbocycles. The fraction of sp³-hybridized carbons (Fsp3) is 0.250. The molecule has 4 nitrogen and oxygen atoms in total. The maximum atomic E-state index is 13.1. The van der Waals surface area contributed by atoms with Crippen molar-refractivity contribution in [3.63, 3.8) is 0 Å². The summed E-state index contributed by atoms with van der Waals surface area (Å²) in [4.78, 5) is 15.4. The summed E-state index contributed by atoms with van der Waals surface area (Å²) in [6.07, 6.45) is 1.83. The van der Waals surface area contributed by atoms with Gasteiger partial charge in [0, 0.05) is 24.2 Å². The maximum Gasteiger partial charge on any atom is 0.231 e. The lowest BCUT2D eigenvalue weighted by atomic mass is 9.99. The Morgan fingerprint density at radius 3 is 2.50 bits per heavy atom. The summed E-state index contributed by atoms with van der Waals surface area (Å²) in [5, 5.41) is 0. The number of hydrogen-bond donors (Lipinski definition) is 0. The van der Waals surface area contributed by atoms with Crippen LogP contribution in [0.25, 0.3) is 6.08 Å². The van der Waals surface area contributed by atoms with E-state index in [1.807, 2.05) is 49.4 Å². The van der Waals surface area contributed by atoms with Crippen molar-refractivity contribution >= 4 is 11.9 Å². The zero-order valence-corrected chi connectivity index (χ0v) is 18.7. The Hall–Kier alpha value is -3.37. The Bertz CT molecular complexity index is 1190. The van der Waals surface area contributed by atoms with Gasteiger partial charge in [-0.1, -0.05) is 68.4 Å². The van der Waals surface area contributed by atoms with Gasteiger partial charge in [-0.05, 0) is 41.7 Å². The predicted molar refractivity (Wildman–Crippen MR) is 126 cm³/mol. The first-order valence-electron chi connectivity index (χ1n) is 11.1. The van der Waals surface area contributed by atoms with Gasteiger partial charge in [0.2, 0.25) is 5.78 Å². The van der Waals surface area contributed by atoms with Crippen LogP contribution in [0.5, 0.6) is 11.5 Å². The van der Waals surface area contributed by atoms with Crippen molar-refractivity contribution in [3.05, 3.63) is 99.8 Å². The average molecular weight is 426 g/mol. The van der Waals surface area contributed by atoms with Crippen molar-refractivity contribution in [2.45, 2.75) is 39.8 Å². The molecule has 2 aliphatic rings. The number of Topliss-reactive ketones (excluding diaryl/α,β-unsaturated/α-hetero) is 1. The van der Waals surface area contributed by atoms with Crippen molar-refractivity contribution in [2.24, 2.45) is 0 Å². The highest BCUT2D eigenvalue weighted by Crippen LogP contribution is 2.43. The first-order chi connectivity index (χ1) is 15.5. The largest absolute Gasteiger partial charge is 0.477 e. The zero-order valence-electron chi connectivity index (χ0n) is 18.7. The van der Waals surface area contributed by atoms with Crippen LogP contribution in [0.4, 0.5) is 0 Å². The van der Waals surface area contributed by atoms with Gasteiger partial charge in [0.25, 0.3) is 0 Å². The molecular formula is C28H27NO3. The smallest absolute Gasteiger partial charge is 0.231 e. The van der Waals surface area contributed by atoms with Gasteiger partial charge in [-0.2, -0.15) is 0 Å². The number of carbonyl (C=O) groups is 1. The van der Waals surface area contributed by atoms with Crippen molar-refractivity contribution in [1.29, 1.82) is 0 Å². The number of ketones is 1. The highest BCUT2D eigenvalue weighted by molar-refractivity contribution is 6.15. The van der Waals surface area contributed by atoms with Gasteiger partial charge in [-0.3, -0.25) is 9.69 Å². The lowest BCUT2D eigenvalue weighted by Gasteiger charge is -2.30. The second-order valence-corrected chi connectivity index (χ2v) is 8.87. The van der Waals surface area contributed by atoms with Crippen LogP contribution in [0.3, 0.4) is 0 Å². The second-order valence-electron chi connectivity index (χ2n) is 8.87. The average Bonchev–Trinajstić information content (AvgIpc) is 3.10. The van der Waals surface area contributed by atoms with Gasteiger partial charge in [-0.25, -0.2) is 0 Å². The number of ether oxygens (including phenoxy) is 2. The van der Waals surface area contributed by atoms with E-state index in [-0.39, 0.29) is 5.78 Å². The van der Waals surface area contributed by atoms with Gasteiger partial charge < -0.3 is 9.47 Å². The van der Waals surface area contributed by atoms with Gasteiger partial charge in [0.15, 0.2) is 5.76 Å². The molecule has 5 rings (SSSR count). The molecule has 0 unspecified atom stereocenters. The van der Waals surface area contributed by atoms with E-state index in [1.54, 1.807) is 0 Å². The SMILES string of the molecule is Cc1c2c(cc3c1O/C(=C\c1ccc(C(C)C)cc1)C3=O)CN(Cc1ccccc1)CO2. The second kappa shape index (κ2) is 8.29. The molecular weight excluding hydrogens is 398 g/mol. The highest BCUT2D eigenvalue weighted by Gasteiger charge is 2.33. The maximum absolute atomic E-state index is 13.1. The number of rotatable bonds is 4. The third-order valence-corrected chi connectivity index (χ3v) is 6.15. The molecule has 0 radical (unpaired) electrons. The van der Waals surface area contributed by atoms with E-state index in [1.165, 1.54) is 11.1 Å². The molecule has 0 spiro atoms. The molecule has 0 amide bonds. The van der Waals surface area contributed by atoms with E-state index >= 15 is 0 Å². The van der Waals surface area contributed by atoms with Gasteiger partial charge in [0.05, 0.1) is 5.56 Å². The lowest BCUT2D eigenvalue weighted by molar-refractivity contribution is 0.0876. The minimum absolute atomic E-state index is 0.0704. The molecule has 0 atom stereocenters. The molecule has 0 aliphatic carbocycles. The summed E-state index contributed by atoms with van der Waals surface area (Å²) >= 11 is 0. The summed E-state index contributed by atoms with van der Waals surface area (Å²) in [6, 6.07) is 20.6. The Kier molecular flexibility index (Phi) is 5.32. The van der Waals surface area contributed by atoms with Crippen LogP contribution in [0.15, 0.2) is 66.4 Å². The van der Waals surface area contributed by atoms with E-state index in [0.717, 1.165) is 35.5 Å². The van der Waals surface area contributed by atoms with Gasteiger partial charge in [-0.15, -0.1) is 0 Å². The van der Waals surface area contributed by atoms with E-state index in [2.05, 4.69) is 43.0 Å². The van der Waals surface area contributed by atoms with Crippen LogP contribution in [-0.4, -0.2) is 17.4 Å². The molecule has 2 aliphatic heterocycles. The normalized spacial score (nSPS) is 16.6. The summed E-state index contributed by atoms with van der Waals surface area (Å²) in [5.41, 5.74) is 6.02. The van der Waals surface area contributed by atoms with E-state index < -0.39 is 0 Å². The molecule has 0 saturated heterocycles. The molecule has 0 fully saturated rings. The van der Waals surface area contributed by atoms with Crippen LogP contribution < -0.4 is 9.47 Å². The van der Waals surface area contributed by atoms with Crippen molar-refractivity contribution in [2.75, 3.05) is 6.73 Å². The molecule has 0 aromatic heterocycles. The standard InChI is InChI=1S/C28H27NO3/c1-18(2)22-11-9-20(10-12-22)13-25-26(30)24-14-23-16-29(15-21-7-5-4-6-8-21)17-31-27(23)19(3)28(24)32-25/h4-14,18H,15-17H2,1-3H3/b25-13-. The van der Waals surface area contributed by atoms with E-state index in [4.69, 9.17) is 9.47 Å². The van der Waals surface area contributed by atoms with Gasteiger partial charge in [0.1, 0.15) is 18.2 Å². The van der Waals surface area contributed by atoms with Gasteiger partial charge >= 0.3 is 0 Å². The third-order valence-electron chi connectivity index (χ3n) is 6.15. The fourth-order valence-corrected chi connectivity index (χ4v) is 4.37. The van der Waals surface area contributed by atoms with Crippen LogP contribution >= 0.6 is 0 Å². The Morgan fingerprint density at radius 2 is 1.78 bits per heavy atom. The fourth-order valence-electron chi connectivity index (χ4n) is 4.37. The summed E-state index contributed by atoms with van der Waals surface area (Å²) in [6.45, 7) is 8.36. The molecule has 32 heavy (non-hydrogen) atoms. The van der Waals surface area contributed by atoms with Crippen LogP contribution in [0, 0.1) is 6.92 Å². The number of fused-ring (bicyclic) bond motifs is 2. The molecule has 162 valence electrons. The van der Waals surface area contributed by atoms with E-state index in [9.17, 15) is 4.79 Å². The molecule has 0 bridgehead atoms. The minimum atomic E-state index is -0.0704. The van der Waals surface area contributed by atoms with Crippen LogP contribution in [0.2, 0.25) is 0 Å². The monoisotopic (exact) mass is 425 g/mol. The summed E-state index contributed by atoms with van der Waals surface area (Å²) < 4.78 is 12.1. The van der Waals surface area contributed by atoms with Crippen molar-refractivity contribution in [1.82, 2.24) is 4.90 Å². The number of carbonyl (C=O) groups excluding carboxylic acids is 1. The molecule has 0 saturated carbocycles. The molecule has 3 aromatic rings. The number of allylic oxidation sites excluding steroid dienone is 1. The molecule has 4 heteroatoms. The zero-order chi connectivity index (χ0) is 22.2. The summed E-state index contributed by atoms with van der Waals surface area (Å²) in [5.74, 6) is 2.22. The topological polar surface area (TPSA) is 38.8 Å². The Labute approximate surface area is 189 Å². The molecule has 0 N–H and O–H groups in total. The Morgan fingerprint density at radius 1 is 1.03 bits per heavy atom. The highest BCUT2D eigenvalue weighted by atomic mass is 16.5. The Balaban J connectivity index is 1.40. The first kappa shape index (κ1) is 20.5. The predicted octanol–water partition coefficient (Wildman–Crippen LogP) is 6.09. The van der Waals surface area contributed by atoms with E-state index in [0.29, 0.717) is 29.7 Å². The molecule has 2 heterocycles. The number of benzene rings is 3. The van der Waals surface area contributed by atoms with Crippen LogP contribution in [-0.2, 0) is 13.1 Å².